The zero-order chi connectivity index (χ0) is 9.68. The van der Waals surface area contributed by atoms with Crippen molar-refractivity contribution in [3.05, 3.63) is 35.9 Å². The third-order valence-electron chi connectivity index (χ3n) is 2.59. The summed E-state index contributed by atoms with van der Waals surface area (Å²) in [5, 5.41) is 0. The van der Waals surface area contributed by atoms with Crippen LogP contribution in [0.3, 0.4) is 0 Å². The van der Waals surface area contributed by atoms with Crippen molar-refractivity contribution in [2.45, 2.75) is 20.3 Å². The molecule has 1 rings (SSSR count). The molecule has 14 heavy (non-hydrogen) atoms. The van der Waals surface area contributed by atoms with Gasteiger partial charge in [0.1, 0.15) is 0 Å². The van der Waals surface area contributed by atoms with E-state index >= 15 is 0 Å². The molecule has 1 unspecified atom stereocenters. The molecule has 0 spiro atoms. The summed E-state index contributed by atoms with van der Waals surface area (Å²) in [6, 6.07) is 10.6. The Morgan fingerprint density at radius 3 is 2.14 bits per heavy atom. The van der Waals surface area contributed by atoms with Crippen LogP contribution in [0.15, 0.2) is 30.3 Å². The molecule has 0 heterocycles. The first-order valence-electron chi connectivity index (χ1n) is 4.98. The fourth-order valence-electron chi connectivity index (χ4n) is 1.51. The minimum atomic E-state index is 0. The van der Waals surface area contributed by atoms with E-state index in [1.54, 1.807) is 0 Å². The first-order valence-corrected chi connectivity index (χ1v) is 4.98. The Hall–Kier alpha value is -0.530. The number of halogens is 1. The summed E-state index contributed by atoms with van der Waals surface area (Å²) in [4.78, 5) is 0. The minimum absolute atomic E-state index is 0. The van der Waals surface area contributed by atoms with Crippen molar-refractivity contribution in [2.24, 2.45) is 17.6 Å². The van der Waals surface area contributed by atoms with Crippen LogP contribution in [0.4, 0.5) is 0 Å². The van der Waals surface area contributed by atoms with E-state index in [1.807, 2.05) is 0 Å². The summed E-state index contributed by atoms with van der Waals surface area (Å²) in [5.74, 6) is 1.28. The van der Waals surface area contributed by atoms with Crippen molar-refractivity contribution in [1.29, 1.82) is 0 Å². The van der Waals surface area contributed by atoms with E-state index in [4.69, 9.17) is 5.73 Å². The molecule has 2 heteroatoms. The molecule has 1 atom stereocenters. The van der Waals surface area contributed by atoms with Gasteiger partial charge in [0.05, 0.1) is 0 Å². The molecule has 1 aromatic carbocycles. The topological polar surface area (TPSA) is 26.0 Å². The van der Waals surface area contributed by atoms with E-state index in [2.05, 4.69) is 44.2 Å². The second-order valence-corrected chi connectivity index (χ2v) is 3.93. The molecule has 1 aromatic rings. The number of hydrogen-bond donors (Lipinski definition) is 1. The van der Waals surface area contributed by atoms with Crippen LogP contribution in [0, 0.1) is 11.8 Å². The standard InChI is InChI=1S/C12H19N.ClH/c1-10(2)12(9-13)8-11-6-4-3-5-7-11;/h3-7,10,12H,8-9,13H2,1-2H3;1H. The normalized spacial score (nSPS) is 12.3. The van der Waals surface area contributed by atoms with Crippen LogP contribution in [0.1, 0.15) is 19.4 Å². The molecule has 2 N–H and O–H groups in total. The molecule has 0 aliphatic rings. The highest BCUT2D eigenvalue weighted by Crippen LogP contribution is 2.15. The molecule has 0 bridgehead atoms. The summed E-state index contributed by atoms with van der Waals surface area (Å²) in [6.07, 6.45) is 1.11. The van der Waals surface area contributed by atoms with Crippen molar-refractivity contribution in [3.63, 3.8) is 0 Å². The van der Waals surface area contributed by atoms with Gasteiger partial charge in [-0.15, -0.1) is 12.4 Å². The predicted molar refractivity (Wildman–Crippen MR) is 64.8 cm³/mol. The van der Waals surface area contributed by atoms with Crippen LogP contribution in [0.25, 0.3) is 0 Å². The third-order valence-corrected chi connectivity index (χ3v) is 2.59. The molecular formula is C12H20ClN. The lowest BCUT2D eigenvalue weighted by Crippen LogP contribution is -2.22. The first kappa shape index (κ1) is 13.5. The maximum Gasteiger partial charge on any atom is -0.00432 e. The molecule has 0 saturated carbocycles. The van der Waals surface area contributed by atoms with E-state index in [0.717, 1.165) is 13.0 Å². The van der Waals surface area contributed by atoms with Gasteiger partial charge in [-0.05, 0) is 30.4 Å². The summed E-state index contributed by atoms with van der Waals surface area (Å²) in [6.45, 7) is 5.26. The fraction of sp³-hybridized carbons (Fsp3) is 0.500. The summed E-state index contributed by atoms with van der Waals surface area (Å²) < 4.78 is 0. The average molecular weight is 214 g/mol. The maximum absolute atomic E-state index is 5.72. The van der Waals surface area contributed by atoms with E-state index in [-0.39, 0.29) is 12.4 Å². The van der Waals surface area contributed by atoms with Crippen molar-refractivity contribution in [1.82, 2.24) is 0 Å². The van der Waals surface area contributed by atoms with Crippen LogP contribution in [-0.4, -0.2) is 6.54 Å². The lowest BCUT2D eigenvalue weighted by Gasteiger charge is -2.18. The molecule has 0 aliphatic heterocycles. The average Bonchev–Trinajstić information content (AvgIpc) is 2.15. The molecular weight excluding hydrogens is 194 g/mol. The lowest BCUT2D eigenvalue weighted by molar-refractivity contribution is 0.392. The van der Waals surface area contributed by atoms with Gasteiger partial charge in [-0.1, -0.05) is 44.2 Å². The van der Waals surface area contributed by atoms with Crippen molar-refractivity contribution < 1.29 is 0 Å². The molecule has 0 radical (unpaired) electrons. The third kappa shape index (κ3) is 4.12. The quantitative estimate of drug-likeness (QED) is 0.818. The van der Waals surface area contributed by atoms with Crippen molar-refractivity contribution in [2.75, 3.05) is 6.54 Å². The summed E-state index contributed by atoms with van der Waals surface area (Å²) >= 11 is 0. The molecule has 0 aliphatic carbocycles. The zero-order valence-corrected chi connectivity index (χ0v) is 9.76. The van der Waals surface area contributed by atoms with Gasteiger partial charge in [-0.25, -0.2) is 0 Å². The summed E-state index contributed by atoms with van der Waals surface area (Å²) in [5.41, 5.74) is 7.12. The Kier molecular flexibility index (Phi) is 6.60. The molecule has 1 nitrogen and oxygen atoms in total. The Bertz CT molecular complexity index is 233. The number of hydrogen-bond acceptors (Lipinski definition) is 1. The van der Waals surface area contributed by atoms with Gasteiger partial charge in [-0.2, -0.15) is 0 Å². The van der Waals surface area contributed by atoms with Gasteiger partial charge < -0.3 is 5.73 Å². The lowest BCUT2D eigenvalue weighted by atomic mass is 9.89. The highest BCUT2D eigenvalue weighted by atomic mass is 35.5. The summed E-state index contributed by atoms with van der Waals surface area (Å²) in [7, 11) is 0. The van der Waals surface area contributed by atoms with Gasteiger partial charge in [-0.3, -0.25) is 0 Å². The van der Waals surface area contributed by atoms with Gasteiger partial charge >= 0.3 is 0 Å². The predicted octanol–water partition coefficient (Wildman–Crippen LogP) is 2.88. The van der Waals surface area contributed by atoms with Gasteiger partial charge in [0.25, 0.3) is 0 Å². The minimum Gasteiger partial charge on any atom is -0.330 e. The largest absolute Gasteiger partial charge is 0.330 e. The highest BCUT2D eigenvalue weighted by Gasteiger charge is 2.11. The van der Waals surface area contributed by atoms with Gasteiger partial charge in [0, 0.05) is 0 Å². The van der Waals surface area contributed by atoms with Crippen LogP contribution in [0.2, 0.25) is 0 Å². The Balaban J connectivity index is 0.00000169. The zero-order valence-electron chi connectivity index (χ0n) is 8.94. The van der Waals surface area contributed by atoms with Crippen LogP contribution < -0.4 is 5.73 Å². The second kappa shape index (κ2) is 6.86. The van der Waals surface area contributed by atoms with E-state index in [0.29, 0.717) is 11.8 Å². The maximum atomic E-state index is 5.72. The van der Waals surface area contributed by atoms with Gasteiger partial charge in [0.2, 0.25) is 0 Å². The second-order valence-electron chi connectivity index (χ2n) is 3.93. The number of nitrogens with two attached hydrogens (primary N) is 1. The monoisotopic (exact) mass is 213 g/mol. The van der Waals surface area contributed by atoms with Crippen LogP contribution in [0.5, 0.6) is 0 Å². The van der Waals surface area contributed by atoms with E-state index in [9.17, 15) is 0 Å². The fourth-order valence-corrected chi connectivity index (χ4v) is 1.51. The molecule has 0 saturated heterocycles. The van der Waals surface area contributed by atoms with E-state index < -0.39 is 0 Å². The SMILES string of the molecule is CC(C)C(CN)Cc1ccccc1.Cl. The molecule has 0 fully saturated rings. The Labute approximate surface area is 93.1 Å². The number of rotatable bonds is 4. The molecule has 80 valence electrons. The Morgan fingerprint density at radius 1 is 1.14 bits per heavy atom. The van der Waals surface area contributed by atoms with Crippen molar-refractivity contribution >= 4 is 12.4 Å². The van der Waals surface area contributed by atoms with E-state index in [1.165, 1.54) is 5.56 Å². The highest BCUT2D eigenvalue weighted by molar-refractivity contribution is 5.85. The van der Waals surface area contributed by atoms with Gasteiger partial charge in [0.15, 0.2) is 0 Å². The van der Waals surface area contributed by atoms with Crippen LogP contribution >= 0.6 is 12.4 Å². The molecule has 0 amide bonds. The molecule has 0 aromatic heterocycles. The first-order chi connectivity index (χ1) is 6.24. The smallest absolute Gasteiger partial charge is 0.00432 e. The number of benzene rings is 1. The van der Waals surface area contributed by atoms with Crippen molar-refractivity contribution in [3.8, 4) is 0 Å². The Morgan fingerprint density at radius 2 is 1.71 bits per heavy atom. The van der Waals surface area contributed by atoms with Crippen LogP contribution in [-0.2, 0) is 6.42 Å².